The van der Waals surface area contributed by atoms with Crippen LogP contribution in [0.4, 0.5) is 5.69 Å². The first-order valence-electron chi connectivity index (χ1n) is 7.36. The molecule has 1 N–H and O–H groups in total. The Morgan fingerprint density at radius 1 is 1.18 bits per heavy atom. The summed E-state index contributed by atoms with van der Waals surface area (Å²) in [6, 6.07) is 15.3. The number of hydrogen-bond donors (Lipinski definition) is 1. The Labute approximate surface area is 131 Å². The van der Waals surface area contributed by atoms with E-state index in [-0.39, 0.29) is 0 Å². The first-order chi connectivity index (χ1) is 10.5. The molecule has 0 aliphatic carbocycles. The van der Waals surface area contributed by atoms with E-state index in [2.05, 4.69) is 12.2 Å². The average Bonchev–Trinajstić information content (AvgIpc) is 2.87. The lowest BCUT2D eigenvalue weighted by atomic mass is 10.1. The highest BCUT2D eigenvalue weighted by atomic mass is 32.2. The molecule has 2 aromatic rings. The van der Waals surface area contributed by atoms with Crippen molar-refractivity contribution >= 4 is 15.7 Å². The minimum absolute atomic E-state index is 0.356. The van der Waals surface area contributed by atoms with Gasteiger partial charge >= 0.3 is 0 Å². The number of hydrogen-bond acceptors (Lipinski definition) is 3. The first-order valence-corrected chi connectivity index (χ1v) is 8.80. The van der Waals surface area contributed by atoms with Gasteiger partial charge in [0.1, 0.15) is 0 Å². The maximum atomic E-state index is 12.7. The lowest BCUT2D eigenvalue weighted by molar-refractivity contribution is 0.466. The van der Waals surface area contributed by atoms with Gasteiger partial charge in [0.25, 0.3) is 0 Å². The van der Waals surface area contributed by atoms with Crippen LogP contribution in [0.5, 0.6) is 0 Å². The molecule has 0 aromatic heterocycles. The van der Waals surface area contributed by atoms with Gasteiger partial charge in [0.05, 0.1) is 4.90 Å². The molecular weight excluding hydrogens is 296 g/mol. The fraction of sp³-hybridized carbons (Fsp3) is 0.294. The topological polar surface area (TPSA) is 49.4 Å². The summed E-state index contributed by atoms with van der Waals surface area (Å²) in [4.78, 5) is 0.362. The molecule has 0 bridgehead atoms. The molecule has 1 heterocycles. The smallest absolute Gasteiger partial charge is 0.243 e. The van der Waals surface area contributed by atoms with E-state index < -0.39 is 10.0 Å². The molecule has 4 nitrogen and oxygen atoms in total. The largest absolute Gasteiger partial charge is 0.382 e. The Hall–Kier alpha value is -1.85. The predicted octanol–water partition coefficient (Wildman–Crippen LogP) is 2.86. The molecule has 0 radical (unpaired) electrons. The summed E-state index contributed by atoms with van der Waals surface area (Å²) >= 11 is 0. The lowest BCUT2D eigenvalue weighted by Gasteiger charge is -2.18. The molecule has 22 heavy (non-hydrogen) atoms. The van der Waals surface area contributed by atoms with Crippen LogP contribution in [0.3, 0.4) is 0 Å². The highest BCUT2D eigenvalue weighted by molar-refractivity contribution is 7.89. The summed E-state index contributed by atoms with van der Waals surface area (Å²) in [5.74, 6) is 0. The molecule has 1 aliphatic heterocycles. The van der Waals surface area contributed by atoms with Gasteiger partial charge in [0.2, 0.25) is 10.0 Å². The van der Waals surface area contributed by atoms with Crippen LogP contribution in [-0.2, 0) is 23.0 Å². The summed E-state index contributed by atoms with van der Waals surface area (Å²) in [6.45, 7) is 2.46. The number of nitrogens with zero attached hydrogens (tertiary/aromatic N) is 1. The maximum absolute atomic E-state index is 12.7. The van der Waals surface area contributed by atoms with Crippen LogP contribution < -0.4 is 5.32 Å². The van der Waals surface area contributed by atoms with Gasteiger partial charge < -0.3 is 5.32 Å². The fourth-order valence-electron chi connectivity index (χ4n) is 2.79. The Morgan fingerprint density at radius 2 is 1.91 bits per heavy atom. The summed E-state index contributed by atoms with van der Waals surface area (Å²) in [7, 11) is -1.85. The zero-order valence-electron chi connectivity index (χ0n) is 12.8. The molecule has 0 spiro atoms. The number of anilines is 1. The molecule has 0 amide bonds. The minimum Gasteiger partial charge on any atom is -0.382 e. The van der Waals surface area contributed by atoms with Gasteiger partial charge in [0, 0.05) is 25.3 Å². The molecule has 5 heteroatoms. The van der Waals surface area contributed by atoms with Gasteiger partial charge in [-0.1, -0.05) is 30.3 Å². The van der Waals surface area contributed by atoms with Gasteiger partial charge in [-0.05, 0) is 42.7 Å². The van der Waals surface area contributed by atoms with Crippen molar-refractivity contribution in [2.75, 3.05) is 12.4 Å². The van der Waals surface area contributed by atoms with Gasteiger partial charge in [-0.2, -0.15) is 4.31 Å². The maximum Gasteiger partial charge on any atom is 0.243 e. The molecule has 0 saturated heterocycles. The lowest BCUT2D eigenvalue weighted by Crippen LogP contribution is -2.26. The second-order valence-corrected chi connectivity index (χ2v) is 7.86. The van der Waals surface area contributed by atoms with E-state index in [1.54, 1.807) is 19.2 Å². The molecule has 0 saturated carbocycles. The van der Waals surface area contributed by atoms with Crippen molar-refractivity contribution in [2.45, 2.75) is 30.8 Å². The molecule has 3 rings (SSSR count). The first kappa shape index (κ1) is 15.1. The van der Waals surface area contributed by atoms with Gasteiger partial charge in [0.15, 0.2) is 0 Å². The van der Waals surface area contributed by atoms with Gasteiger partial charge in [-0.25, -0.2) is 8.42 Å². The zero-order chi connectivity index (χ0) is 15.7. The highest BCUT2D eigenvalue weighted by Gasteiger charge is 2.24. The van der Waals surface area contributed by atoms with Crippen LogP contribution in [0.2, 0.25) is 0 Å². The van der Waals surface area contributed by atoms with Crippen molar-refractivity contribution < 1.29 is 8.42 Å². The third kappa shape index (κ3) is 2.87. The summed E-state index contributed by atoms with van der Waals surface area (Å²) < 4.78 is 26.8. The minimum atomic E-state index is -3.47. The number of fused-ring (bicyclic) bond motifs is 1. The van der Waals surface area contributed by atoms with Crippen LogP contribution in [0.15, 0.2) is 53.4 Å². The highest BCUT2D eigenvalue weighted by Crippen LogP contribution is 2.29. The van der Waals surface area contributed by atoms with Crippen LogP contribution >= 0.6 is 0 Å². The molecule has 116 valence electrons. The Kier molecular flexibility index (Phi) is 3.93. The Balaban J connectivity index is 1.85. The summed E-state index contributed by atoms with van der Waals surface area (Å²) in [5, 5.41) is 3.34. The van der Waals surface area contributed by atoms with E-state index >= 15 is 0 Å². The molecule has 0 fully saturated rings. The van der Waals surface area contributed by atoms with E-state index in [0.717, 1.165) is 23.2 Å². The van der Waals surface area contributed by atoms with E-state index in [1.807, 2.05) is 36.4 Å². The van der Waals surface area contributed by atoms with Crippen molar-refractivity contribution in [3.8, 4) is 0 Å². The molecule has 2 aromatic carbocycles. The van der Waals surface area contributed by atoms with E-state index in [0.29, 0.717) is 17.5 Å². The zero-order valence-corrected chi connectivity index (χ0v) is 13.6. The van der Waals surface area contributed by atoms with Crippen molar-refractivity contribution in [3.05, 3.63) is 59.7 Å². The Morgan fingerprint density at radius 3 is 2.64 bits per heavy atom. The number of sulfonamides is 1. The average molecular weight is 316 g/mol. The van der Waals surface area contributed by atoms with Crippen molar-refractivity contribution in [3.63, 3.8) is 0 Å². The van der Waals surface area contributed by atoms with Crippen molar-refractivity contribution in [1.82, 2.24) is 4.31 Å². The number of nitrogens with one attached hydrogen (secondary N) is 1. The van der Waals surface area contributed by atoms with Crippen LogP contribution in [0.25, 0.3) is 0 Å². The second kappa shape index (κ2) is 5.74. The van der Waals surface area contributed by atoms with Crippen molar-refractivity contribution in [1.29, 1.82) is 0 Å². The standard InChI is InChI=1S/C17H20N2O2S/c1-13-10-15-11-16(8-9-17(15)18-13)22(20,21)19(2)12-14-6-4-3-5-7-14/h3-9,11,13,18H,10,12H2,1-2H3/t13-/m1/s1. The normalized spacial score (nSPS) is 17.3. The SMILES string of the molecule is C[C@@H]1Cc2cc(S(=O)(=O)N(C)Cc3ccccc3)ccc2N1. The summed E-state index contributed by atoms with van der Waals surface area (Å²) in [6.07, 6.45) is 0.862. The molecule has 0 unspecified atom stereocenters. The van der Waals surface area contributed by atoms with E-state index in [4.69, 9.17) is 0 Å². The van der Waals surface area contributed by atoms with Crippen LogP contribution in [0.1, 0.15) is 18.1 Å². The van der Waals surface area contributed by atoms with Gasteiger partial charge in [-0.15, -0.1) is 0 Å². The third-order valence-corrected chi connectivity index (χ3v) is 5.76. The number of rotatable bonds is 4. The number of benzene rings is 2. The van der Waals surface area contributed by atoms with Crippen molar-refractivity contribution in [2.24, 2.45) is 0 Å². The third-order valence-electron chi connectivity index (χ3n) is 3.96. The molecule has 1 aliphatic rings. The van der Waals surface area contributed by atoms with E-state index in [9.17, 15) is 8.42 Å². The van der Waals surface area contributed by atoms with Crippen LogP contribution in [-0.4, -0.2) is 25.8 Å². The van der Waals surface area contributed by atoms with Gasteiger partial charge in [-0.3, -0.25) is 0 Å². The van der Waals surface area contributed by atoms with E-state index in [1.165, 1.54) is 4.31 Å². The Bertz CT molecular complexity index is 773. The van der Waals surface area contributed by atoms with Crippen LogP contribution in [0, 0.1) is 0 Å². The fourth-order valence-corrected chi connectivity index (χ4v) is 4.00. The summed E-state index contributed by atoms with van der Waals surface area (Å²) in [5.41, 5.74) is 3.09. The monoisotopic (exact) mass is 316 g/mol. The molecular formula is C17H20N2O2S. The predicted molar refractivity (Wildman–Crippen MR) is 88.3 cm³/mol. The molecule has 1 atom stereocenters. The second-order valence-electron chi connectivity index (χ2n) is 5.82. The quantitative estimate of drug-likeness (QED) is 0.943.